The Morgan fingerprint density at radius 1 is 0.846 bits per heavy atom. The summed E-state index contributed by atoms with van der Waals surface area (Å²) < 4.78 is 5.12. The Morgan fingerprint density at radius 3 is 1.82 bits per heavy atom. The summed E-state index contributed by atoms with van der Waals surface area (Å²) >= 11 is 0. The van der Waals surface area contributed by atoms with Crippen molar-refractivity contribution in [2.45, 2.75) is 18.0 Å². The normalized spacial score (nSPS) is 12.1. The van der Waals surface area contributed by atoms with Crippen molar-refractivity contribution in [1.82, 2.24) is 5.32 Å². The van der Waals surface area contributed by atoms with Gasteiger partial charge in [0.05, 0.1) is 17.6 Å². The standard InChI is InChI=1S/C32H28N2O5/c1-39-31(36)30(23-29(35)21-20-24-12-11-19-28(22-24)34(37)38)33-32(25-13-5-2-6-14-25,26-15-7-3-8-16-26)27-17-9-4-10-18-27/h2-22,30,33H,23H2,1H3/b21-20+/t30-/m0/s1. The lowest BCUT2D eigenvalue weighted by molar-refractivity contribution is -0.384. The van der Waals surface area contributed by atoms with Crippen LogP contribution in [0.1, 0.15) is 28.7 Å². The van der Waals surface area contributed by atoms with Crippen molar-refractivity contribution in [1.29, 1.82) is 0 Å². The molecule has 1 N–H and O–H groups in total. The van der Waals surface area contributed by atoms with Crippen LogP contribution in [0.3, 0.4) is 0 Å². The summed E-state index contributed by atoms with van der Waals surface area (Å²) in [6.45, 7) is 0. The highest BCUT2D eigenvalue weighted by Gasteiger charge is 2.40. The highest BCUT2D eigenvalue weighted by molar-refractivity contribution is 5.96. The molecule has 0 radical (unpaired) electrons. The van der Waals surface area contributed by atoms with E-state index >= 15 is 0 Å². The van der Waals surface area contributed by atoms with Gasteiger partial charge in [0.2, 0.25) is 0 Å². The maximum atomic E-state index is 13.1. The largest absolute Gasteiger partial charge is 0.468 e. The molecule has 0 bridgehead atoms. The molecule has 0 heterocycles. The number of nitrogens with one attached hydrogen (secondary N) is 1. The van der Waals surface area contributed by atoms with Crippen LogP contribution in [0.15, 0.2) is 121 Å². The first-order valence-corrected chi connectivity index (χ1v) is 12.4. The number of hydrogen-bond donors (Lipinski definition) is 1. The Labute approximate surface area is 226 Å². The second kappa shape index (κ2) is 12.6. The van der Waals surface area contributed by atoms with Crippen LogP contribution in [0.5, 0.6) is 0 Å². The van der Waals surface area contributed by atoms with E-state index in [1.54, 1.807) is 12.1 Å². The van der Waals surface area contributed by atoms with Crippen molar-refractivity contribution >= 4 is 23.5 Å². The molecule has 39 heavy (non-hydrogen) atoms. The zero-order valence-corrected chi connectivity index (χ0v) is 21.4. The fraction of sp³-hybridized carbons (Fsp3) is 0.125. The molecular weight excluding hydrogens is 492 g/mol. The molecule has 0 fully saturated rings. The zero-order valence-electron chi connectivity index (χ0n) is 21.4. The molecular formula is C32H28N2O5. The molecule has 0 aromatic heterocycles. The van der Waals surface area contributed by atoms with E-state index in [0.717, 1.165) is 16.7 Å². The number of ether oxygens (including phenoxy) is 1. The Hall–Kier alpha value is -4.88. The highest BCUT2D eigenvalue weighted by atomic mass is 16.6. The number of esters is 1. The number of carbonyl (C=O) groups excluding carboxylic acids is 2. The van der Waals surface area contributed by atoms with Crippen LogP contribution in [-0.2, 0) is 19.9 Å². The second-order valence-corrected chi connectivity index (χ2v) is 8.92. The number of nitro groups is 1. The minimum Gasteiger partial charge on any atom is -0.468 e. The Bertz CT molecular complexity index is 1360. The first-order valence-electron chi connectivity index (χ1n) is 12.4. The summed E-state index contributed by atoms with van der Waals surface area (Å²) in [5, 5.41) is 14.6. The molecule has 0 aliphatic heterocycles. The lowest BCUT2D eigenvalue weighted by Gasteiger charge is -2.39. The SMILES string of the molecule is COC(=O)[C@H](CC(=O)/C=C/c1cccc([N+](=O)[O-])c1)NC(c1ccccc1)(c1ccccc1)c1ccccc1. The molecule has 4 aromatic rings. The summed E-state index contributed by atoms with van der Waals surface area (Å²) in [7, 11) is 1.29. The van der Waals surface area contributed by atoms with Crippen LogP contribution in [0.4, 0.5) is 5.69 Å². The third kappa shape index (κ3) is 6.34. The van der Waals surface area contributed by atoms with Crippen molar-refractivity contribution in [2.75, 3.05) is 7.11 Å². The molecule has 196 valence electrons. The molecule has 1 atom stereocenters. The third-order valence-corrected chi connectivity index (χ3v) is 6.44. The molecule has 4 aromatic carbocycles. The molecule has 0 spiro atoms. The summed E-state index contributed by atoms with van der Waals surface area (Å²) in [4.78, 5) is 36.8. The summed E-state index contributed by atoms with van der Waals surface area (Å²) in [6, 6.07) is 34.2. The van der Waals surface area contributed by atoms with Gasteiger partial charge in [-0.3, -0.25) is 25.0 Å². The quantitative estimate of drug-likeness (QED) is 0.0897. The van der Waals surface area contributed by atoms with E-state index in [9.17, 15) is 19.7 Å². The number of hydrogen-bond acceptors (Lipinski definition) is 6. The van der Waals surface area contributed by atoms with Gasteiger partial charge in [0.25, 0.3) is 5.69 Å². The fourth-order valence-corrected chi connectivity index (χ4v) is 4.61. The molecule has 7 heteroatoms. The van der Waals surface area contributed by atoms with Gasteiger partial charge in [-0.15, -0.1) is 0 Å². The van der Waals surface area contributed by atoms with Crippen LogP contribution in [0.25, 0.3) is 6.08 Å². The van der Waals surface area contributed by atoms with E-state index in [1.807, 2.05) is 91.0 Å². The summed E-state index contributed by atoms with van der Waals surface area (Å²) in [6.07, 6.45) is 2.64. The molecule has 0 amide bonds. The molecule has 0 aliphatic rings. The minimum absolute atomic E-state index is 0.0722. The summed E-state index contributed by atoms with van der Waals surface area (Å²) in [5.74, 6) is -0.924. The number of rotatable bonds is 11. The van der Waals surface area contributed by atoms with Gasteiger partial charge in [-0.2, -0.15) is 0 Å². The van der Waals surface area contributed by atoms with E-state index in [4.69, 9.17) is 4.74 Å². The molecule has 0 aliphatic carbocycles. The number of nitro benzene ring substituents is 1. The molecule has 0 saturated carbocycles. The lowest BCUT2D eigenvalue weighted by Crippen LogP contribution is -2.53. The monoisotopic (exact) mass is 520 g/mol. The van der Waals surface area contributed by atoms with Gasteiger partial charge >= 0.3 is 5.97 Å². The van der Waals surface area contributed by atoms with Crippen LogP contribution < -0.4 is 5.32 Å². The number of non-ortho nitro benzene ring substituents is 1. The number of nitrogens with zero attached hydrogens (tertiary/aromatic N) is 1. The van der Waals surface area contributed by atoms with Crippen molar-refractivity contribution in [3.05, 3.63) is 154 Å². The van der Waals surface area contributed by atoms with Crippen molar-refractivity contribution < 1.29 is 19.2 Å². The first kappa shape index (κ1) is 27.2. The Morgan fingerprint density at radius 2 is 1.36 bits per heavy atom. The second-order valence-electron chi connectivity index (χ2n) is 8.92. The predicted octanol–water partition coefficient (Wildman–Crippen LogP) is 5.69. The van der Waals surface area contributed by atoms with Gasteiger partial charge in [-0.25, -0.2) is 0 Å². The van der Waals surface area contributed by atoms with Crippen LogP contribution in [-0.4, -0.2) is 29.8 Å². The number of allylic oxidation sites excluding steroid dienone is 1. The summed E-state index contributed by atoms with van der Waals surface area (Å²) in [5.41, 5.74) is 2.11. The number of ketones is 1. The van der Waals surface area contributed by atoms with Crippen molar-refractivity contribution in [3.8, 4) is 0 Å². The van der Waals surface area contributed by atoms with E-state index in [2.05, 4.69) is 5.32 Å². The number of benzene rings is 4. The molecule has 7 nitrogen and oxygen atoms in total. The van der Waals surface area contributed by atoms with Crippen LogP contribution >= 0.6 is 0 Å². The van der Waals surface area contributed by atoms with Crippen molar-refractivity contribution in [2.24, 2.45) is 0 Å². The maximum Gasteiger partial charge on any atom is 0.323 e. The number of carbonyl (C=O) groups is 2. The molecule has 0 saturated heterocycles. The minimum atomic E-state index is -1.00. The van der Waals surface area contributed by atoms with E-state index in [0.29, 0.717) is 5.56 Å². The van der Waals surface area contributed by atoms with E-state index < -0.39 is 22.5 Å². The van der Waals surface area contributed by atoms with Gasteiger partial charge in [-0.1, -0.05) is 109 Å². The average Bonchev–Trinajstić information content (AvgIpc) is 2.99. The van der Waals surface area contributed by atoms with E-state index in [1.165, 1.54) is 31.4 Å². The van der Waals surface area contributed by atoms with Gasteiger partial charge in [0.1, 0.15) is 6.04 Å². The number of methoxy groups -OCH3 is 1. The van der Waals surface area contributed by atoms with Crippen LogP contribution in [0.2, 0.25) is 0 Å². The Balaban J connectivity index is 1.74. The predicted molar refractivity (Wildman–Crippen MR) is 150 cm³/mol. The van der Waals surface area contributed by atoms with Crippen LogP contribution in [0, 0.1) is 10.1 Å². The third-order valence-electron chi connectivity index (χ3n) is 6.44. The lowest BCUT2D eigenvalue weighted by atomic mass is 9.76. The van der Waals surface area contributed by atoms with Gasteiger partial charge in [0.15, 0.2) is 5.78 Å². The smallest absolute Gasteiger partial charge is 0.323 e. The Kier molecular flexibility index (Phi) is 8.76. The van der Waals surface area contributed by atoms with Crippen molar-refractivity contribution in [3.63, 3.8) is 0 Å². The van der Waals surface area contributed by atoms with E-state index in [-0.39, 0.29) is 17.9 Å². The average molecular weight is 521 g/mol. The topological polar surface area (TPSA) is 98.5 Å². The van der Waals surface area contributed by atoms with Gasteiger partial charge < -0.3 is 4.74 Å². The molecule has 0 unspecified atom stereocenters. The maximum absolute atomic E-state index is 13.1. The van der Waals surface area contributed by atoms with Gasteiger partial charge in [0, 0.05) is 18.6 Å². The highest BCUT2D eigenvalue weighted by Crippen LogP contribution is 2.37. The van der Waals surface area contributed by atoms with Gasteiger partial charge in [-0.05, 0) is 28.3 Å². The zero-order chi connectivity index (χ0) is 27.7. The first-order chi connectivity index (χ1) is 18.9. The fourth-order valence-electron chi connectivity index (χ4n) is 4.61. The molecule has 4 rings (SSSR count).